The maximum Gasteiger partial charge on any atom is 0.303 e. The zero-order chi connectivity index (χ0) is 35.5. The summed E-state index contributed by atoms with van der Waals surface area (Å²) in [6.45, 7) is 14.1. The highest BCUT2D eigenvalue weighted by Gasteiger charge is 2.36. The van der Waals surface area contributed by atoms with E-state index < -0.39 is 18.1 Å². The number of carbonyl (C=O) groups is 4. The van der Waals surface area contributed by atoms with Crippen molar-refractivity contribution < 1.29 is 23.9 Å². The summed E-state index contributed by atoms with van der Waals surface area (Å²) in [5.74, 6) is -1.25. The first-order valence-corrected chi connectivity index (χ1v) is 18.0. The van der Waals surface area contributed by atoms with Gasteiger partial charge in [-0.2, -0.15) is 0 Å². The molecule has 1 aliphatic heterocycles. The molecule has 0 aliphatic carbocycles. The van der Waals surface area contributed by atoms with Crippen molar-refractivity contribution in [3.8, 4) is 0 Å². The van der Waals surface area contributed by atoms with E-state index in [2.05, 4.69) is 20.5 Å². The predicted molar refractivity (Wildman–Crippen MR) is 191 cm³/mol. The molecule has 0 bridgehead atoms. The van der Waals surface area contributed by atoms with Gasteiger partial charge in [-0.05, 0) is 64.1 Å². The van der Waals surface area contributed by atoms with E-state index in [1.54, 1.807) is 17.3 Å². The molecule has 10 nitrogen and oxygen atoms in total. The van der Waals surface area contributed by atoms with Crippen LogP contribution >= 0.6 is 11.3 Å². The summed E-state index contributed by atoms with van der Waals surface area (Å²) in [6.07, 6.45) is 5.00. The number of thiazole rings is 1. The average molecular weight is 682 g/mol. The number of carbonyl (C=O) groups excluding carboxylic acids is 4. The molecule has 1 fully saturated rings. The SMILES string of the molecule is CC(=O)O[C@@H](C[C@H](C(C)C)N(C)C(=O)[C@@H](NC(=O)[C@H]1CCCCN1C)C(C)C)c1nc(C(=O)N[C@H](C=C(C)C)Cc2ccccc2)cs1. The minimum absolute atomic E-state index is 0.00412. The zero-order valence-electron chi connectivity index (χ0n) is 30.1. The number of hydrogen-bond acceptors (Lipinski definition) is 8. The first-order chi connectivity index (χ1) is 22.7. The van der Waals surface area contributed by atoms with Gasteiger partial charge in [-0.1, -0.05) is 76.1 Å². The Labute approximate surface area is 290 Å². The zero-order valence-corrected chi connectivity index (χ0v) is 30.9. The summed E-state index contributed by atoms with van der Waals surface area (Å²) in [4.78, 5) is 61.3. The predicted octanol–water partition coefficient (Wildman–Crippen LogP) is 5.55. The molecule has 2 heterocycles. The van der Waals surface area contributed by atoms with Gasteiger partial charge in [-0.15, -0.1) is 11.3 Å². The fraction of sp³-hybridized carbons (Fsp3) is 0.595. The van der Waals surface area contributed by atoms with E-state index in [1.165, 1.54) is 18.3 Å². The topological polar surface area (TPSA) is 121 Å². The largest absolute Gasteiger partial charge is 0.455 e. The van der Waals surface area contributed by atoms with Crippen molar-refractivity contribution in [3.05, 3.63) is 63.6 Å². The van der Waals surface area contributed by atoms with E-state index in [0.717, 1.165) is 36.9 Å². The van der Waals surface area contributed by atoms with Gasteiger partial charge in [0, 0.05) is 31.8 Å². The Morgan fingerprint density at radius 2 is 1.73 bits per heavy atom. The standard InChI is InChI=1S/C37H55N5O5S/c1-23(2)19-28(20-27-15-11-10-12-16-27)38-34(44)29-22-48-36(39-29)32(47-26(7)43)21-31(24(3)4)42(9)37(46)33(25(5)6)40-35(45)30-17-13-14-18-41(30)8/h10-12,15-16,19,22,24-25,28,30-33H,13-14,17-18,20-21H2,1-9H3,(H,38,44)(H,40,45)/t28-,30-,31-,32+,33+/m1/s1. The fourth-order valence-corrected chi connectivity index (χ4v) is 7.09. The van der Waals surface area contributed by atoms with Crippen LogP contribution in [0.3, 0.4) is 0 Å². The molecule has 2 N–H and O–H groups in total. The molecule has 1 aromatic carbocycles. The first kappa shape index (κ1) is 38.9. The van der Waals surface area contributed by atoms with Gasteiger partial charge in [0.2, 0.25) is 11.8 Å². The highest BCUT2D eigenvalue weighted by Crippen LogP contribution is 2.31. The Bertz CT molecular complexity index is 1400. The lowest BCUT2D eigenvalue weighted by atomic mass is 9.94. The average Bonchev–Trinajstić information content (AvgIpc) is 3.52. The highest BCUT2D eigenvalue weighted by atomic mass is 32.1. The van der Waals surface area contributed by atoms with E-state index in [4.69, 9.17) is 4.74 Å². The third kappa shape index (κ3) is 11.3. The van der Waals surface area contributed by atoms with E-state index in [0.29, 0.717) is 11.4 Å². The fourth-order valence-electron chi connectivity index (χ4n) is 6.25. The molecular formula is C37H55N5O5S. The van der Waals surface area contributed by atoms with Crippen LogP contribution in [-0.4, -0.2) is 83.3 Å². The molecule has 2 aromatic rings. The van der Waals surface area contributed by atoms with E-state index in [9.17, 15) is 19.2 Å². The maximum atomic E-state index is 14.0. The second-order valence-electron chi connectivity index (χ2n) is 13.9. The Kier molecular flexibility index (Phi) is 14.8. The van der Waals surface area contributed by atoms with Crippen molar-refractivity contribution in [1.82, 2.24) is 25.4 Å². The Morgan fingerprint density at radius 1 is 1.04 bits per heavy atom. The Hall–Kier alpha value is -3.57. The van der Waals surface area contributed by atoms with Gasteiger partial charge >= 0.3 is 5.97 Å². The van der Waals surface area contributed by atoms with Crippen LogP contribution in [0.5, 0.6) is 0 Å². The third-order valence-corrected chi connectivity index (χ3v) is 9.80. The molecule has 3 amide bonds. The van der Waals surface area contributed by atoms with Crippen LogP contribution in [0.25, 0.3) is 0 Å². The number of nitrogens with one attached hydrogen (secondary N) is 2. The summed E-state index contributed by atoms with van der Waals surface area (Å²) in [7, 11) is 3.69. The molecule has 48 heavy (non-hydrogen) atoms. The smallest absolute Gasteiger partial charge is 0.303 e. The quantitative estimate of drug-likeness (QED) is 0.187. The number of likely N-dealkylation sites (tertiary alicyclic amines) is 1. The van der Waals surface area contributed by atoms with Crippen LogP contribution in [-0.2, 0) is 25.5 Å². The number of amides is 3. The second kappa shape index (κ2) is 18.3. The molecule has 1 saturated heterocycles. The molecule has 3 rings (SSSR count). The molecule has 5 atom stereocenters. The summed E-state index contributed by atoms with van der Waals surface area (Å²) in [5.41, 5.74) is 2.44. The van der Waals surface area contributed by atoms with Gasteiger partial charge < -0.3 is 20.3 Å². The van der Waals surface area contributed by atoms with Crippen molar-refractivity contribution in [1.29, 1.82) is 0 Å². The van der Waals surface area contributed by atoms with Crippen LogP contribution in [0.1, 0.15) is 101 Å². The van der Waals surface area contributed by atoms with Gasteiger partial charge in [0.25, 0.3) is 5.91 Å². The molecule has 0 unspecified atom stereocenters. The van der Waals surface area contributed by atoms with Gasteiger partial charge in [-0.25, -0.2) is 4.98 Å². The summed E-state index contributed by atoms with van der Waals surface area (Å²) in [6, 6.07) is 8.45. The van der Waals surface area contributed by atoms with Crippen molar-refractivity contribution in [2.45, 2.75) is 111 Å². The first-order valence-electron chi connectivity index (χ1n) is 17.1. The monoisotopic (exact) mass is 681 g/mol. The Morgan fingerprint density at radius 3 is 2.31 bits per heavy atom. The van der Waals surface area contributed by atoms with Gasteiger partial charge in [0.1, 0.15) is 16.7 Å². The number of benzene rings is 1. The van der Waals surface area contributed by atoms with Crippen LogP contribution in [0.4, 0.5) is 0 Å². The van der Waals surface area contributed by atoms with Gasteiger partial charge in [0.15, 0.2) is 6.10 Å². The van der Waals surface area contributed by atoms with Crippen molar-refractivity contribution in [2.75, 3.05) is 20.6 Å². The molecule has 0 radical (unpaired) electrons. The summed E-state index contributed by atoms with van der Waals surface area (Å²) in [5, 5.41) is 8.30. The number of esters is 1. The number of piperidine rings is 1. The van der Waals surface area contributed by atoms with Crippen LogP contribution in [0, 0.1) is 11.8 Å². The number of ether oxygens (including phenoxy) is 1. The number of nitrogens with zero attached hydrogens (tertiary/aromatic N) is 3. The van der Waals surface area contributed by atoms with E-state index in [-0.39, 0.29) is 59.8 Å². The molecule has 11 heteroatoms. The Balaban J connectivity index is 1.78. The minimum Gasteiger partial charge on any atom is -0.455 e. The van der Waals surface area contributed by atoms with Gasteiger partial charge in [-0.3, -0.25) is 24.1 Å². The number of aromatic nitrogens is 1. The van der Waals surface area contributed by atoms with Crippen molar-refractivity contribution >= 4 is 35.0 Å². The number of hydrogen-bond donors (Lipinski definition) is 2. The summed E-state index contributed by atoms with van der Waals surface area (Å²) < 4.78 is 5.77. The minimum atomic E-state index is -0.766. The molecule has 1 aliphatic rings. The molecule has 1 aromatic heterocycles. The van der Waals surface area contributed by atoms with E-state index >= 15 is 0 Å². The highest BCUT2D eigenvalue weighted by molar-refractivity contribution is 7.09. The second-order valence-corrected chi connectivity index (χ2v) is 14.8. The lowest BCUT2D eigenvalue weighted by Gasteiger charge is -2.37. The third-order valence-electron chi connectivity index (χ3n) is 8.86. The summed E-state index contributed by atoms with van der Waals surface area (Å²) >= 11 is 1.25. The number of allylic oxidation sites excluding steroid dienone is 1. The van der Waals surface area contributed by atoms with Crippen LogP contribution in [0.2, 0.25) is 0 Å². The van der Waals surface area contributed by atoms with Gasteiger partial charge in [0.05, 0.1) is 12.1 Å². The van der Waals surface area contributed by atoms with Crippen LogP contribution in [0.15, 0.2) is 47.4 Å². The lowest BCUT2D eigenvalue weighted by Crippen LogP contribution is -2.57. The van der Waals surface area contributed by atoms with E-state index in [1.807, 2.05) is 85.0 Å². The molecular weight excluding hydrogens is 627 g/mol. The number of likely N-dealkylation sites (N-methyl/N-ethyl adjacent to an activating group) is 2. The number of rotatable bonds is 15. The maximum absolute atomic E-state index is 14.0. The molecule has 0 saturated carbocycles. The van der Waals surface area contributed by atoms with Crippen molar-refractivity contribution in [2.24, 2.45) is 11.8 Å². The molecule has 264 valence electrons. The lowest BCUT2D eigenvalue weighted by molar-refractivity contribution is -0.149. The normalized spacial score (nSPS) is 17.6. The molecule has 0 spiro atoms. The van der Waals surface area contributed by atoms with Crippen molar-refractivity contribution in [3.63, 3.8) is 0 Å². The van der Waals surface area contributed by atoms with Crippen LogP contribution < -0.4 is 10.6 Å².